The zero-order chi connectivity index (χ0) is 20.9. The van der Waals surface area contributed by atoms with Gasteiger partial charge in [-0.3, -0.25) is 4.79 Å². The fourth-order valence-electron chi connectivity index (χ4n) is 2.87. The van der Waals surface area contributed by atoms with E-state index in [9.17, 15) is 41.7 Å². The SMILES string of the molecule is CCCC(CO)(CO)C(=O)OC1CCC(/C([O-])=N/S(=O)(=O)C(F)(F)F)CC1. The first kappa shape index (κ1) is 23.6. The number of sulfonamides is 1. The second-order valence-corrected chi connectivity index (χ2v) is 8.17. The molecule has 0 aliphatic heterocycles. The van der Waals surface area contributed by atoms with Gasteiger partial charge in [-0.05, 0) is 43.9 Å². The minimum atomic E-state index is -5.88. The predicted octanol–water partition coefficient (Wildman–Crippen LogP) is 0.468. The molecule has 0 atom stereocenters. The molecule has 158 valence electrons. The minimum absolute atomic E-state index is 0.00663. The standard InChI is InChI=1S/C15H24F3NO7S/c1-2-7-14(8-20,9-21)13(23)26-11-5-3-10(4-6-11)12(22)19-27(24,25)15(16,17)18/h10-11,20-21H,2-9H2,1H3,(H,19,22)/p-1. The summed E-state index contributed by atoms with van der Waals surface area (Å²) in [5.74, 6) is -3.16. The molecule has 1 aliphatic rings. The van der Waals surface area contributed by atoms with E-state index in [2.05, 4.69) is 4.40 Å². The van der Waals surface area contributed by atoms with E-state index < -0.39 is 58.0 Å². The van der Waals surface area contributed by atoms with Crippen LogP contribution >= 0.6 is 0 Å². The number of carbonyl (C=O) groups excluding carboxylic acids is 1. The fourth-order valence-corrected chi connectivity index (χ4v) is 3.36. The van der Waals surface area contributed by atoms with E-state index in [1.54, 1.807) is 6.92 Å². The van der Waals surface area contributed by atoms with Gasteiger partial charge in [0.05, 0.1) is 13.2 Å². The van der Waals surface area contributed by atoms with Crippen LogP contribution in [-0.4, -0.2) is 55.3 Å². The van der Waals surface area contributed by atoms with Crippen molar-refractivity contribution in [3.05, 3.63) is 0 Å². The maximum Gasteiger partial charge on any atom is 0.518 e. The molecule has 0 bridgehead atoms. The van der Waals surface area contributed by atoms with Crippen LogP contribution < -0.4 is 5.11 Å². The Labute approximate surface area is 155 Å². The van der Waals surface area contributed by atoms with Crippen molar-refractivity contribution in [2.45, 2.75) is 57.1 Å². The molecule has 0 aromatic carbocycles. The molecule has 0 heterocycles. The number of halogens is 3. The van der Waals surface area contributed by atoms with Gasteiger partial charge >= 0.3 is 21.5 Å². The summed E-state index contributed by atoms with van der Waals surface area (Å²) >= 11 is 0. The highest BCUT2D eigenvalue weighted by atomic mass is 32.2. The van der Waals surface area contributed by atoms with E-state index in [1.165, 1.54) is 0 Å². The predicted molar refractivity (Wildman–Crippen MR) is 85.8 cm³/mol. The molecule has 2 N–H and O–H groups in total. The molecule has 1 fully saturated rings. The Kier molecular flexibility index (Phi) is 8.05. The van der Waals surface area contributed by atoms with E-state index >= 15 is 0 Å². The second kappa shape index (κ2) is 9.20. The number of hydrogen-bond donors (Lipinski definition) is 2. The Morgan fingerprint density at radius 1 is 1.19 bits per heavy atom. The van der Waals surface area contributed by atoms with Crippen LogP contribution in [0.1, 0.15) is 45.4 Å². The monoisotopic (exact) mass is 418 g/mol. The van der Waals surface area contributed by atoms with Crippen LogP contribution in [0.15, 0.2) is 4.40 Å². The number of hydrogen-bond acceptors (Lipinski definition) is 7. The second-order valence-electron chi connectivity index (χ2n) is 6.58. The van der Waals surface area contributed by atoms with Gasteiger partial charge < -0.3 is 20.1 Å². The number of aliphatic hydroxyl groups is 2. The Balaban J connectivity index is 2.70. The number of alkyl halides is 3. The topological polar surface area (TPSA) is 136 Å². The molecular formula is C15H23F3NO7S-. The summed E-state index contributed by atoms with van der Waals surface area (Å²) in [7, 11) is -5.88. The highest BCUT2D eigenvalue weighted by Gasteiger charge is 2.46. The van der Waals surface area contributed by atoms with Gasteiger partial charge in [0.25, 0.3) is 0 Å². The quantitative estimate of drug-likeness (QED) is 0.332. The van der Waals surface area contributed by atoms with Gasteiger partial charge in [-0.15, -0.1) is 0 Å². The lowest BCUT2D eigenvalue weighted by Gasteiger charge is -2.34. The van der Waals surface area contributed by atoms with Crippen molar-refractivity contribution in [1.82, 2.24) is 0 Å². The summed E-state index contributed by atoms with van der Waals surface area (Å²) < 4.78 is 66.3. The molecular weight excluding hydrogens is 395 g/mol. The molecule has 0 aromatic rings. The van der Waals surface area contributed by atoms with Crippen molar-refractivity contribution in [2.24, 2.45) is 15.7 Å². The molecule has 1 aliphatic carbocycles. The van der Waals surface area contributed by atoms with Gasteiger partial charge in [0.15, 0.2) is 0 Å². The number of nitrogens with zero attached hydrogens (tertiary/aromatic N) is 1. The molecule has 0 unspecified atom stereocenters. The van der Waals surface area contributed by atoms with Gasteiger partial charge in [0, 0.05) is 0 Å². The first-order chi connectivity index (χ1) is 12.4. The van der Waals surface area contributed by atoms with Crippen molar-refractivity contribution in [1.29, 1.82) is 0 Å². The lowest BCUT2D eigenvalue weighted by Crippen LogP contribution is -2.43. The zero-order valence-corrected chi connectivity index (χ0v) is 15.6. The van der Waals surface area contributed by atoms with Gasteiger partial charge in [-0.2, -0.15) is 26.0 Å². The van der Waals surface area contributed by atoms with Crippen LogP contribution in [0.5, 0.6) is 0 Å². The first-order valence-electron chi connectivity index (χ1n) is 8.43. The Morgan fingerprint density at radius 3 is 2.11 bits per heavy atom. The maximum absolute atomic E-state index is 12.3. The highest BCUT2D eigenvalue weighted by Crippen LogP contribution is 2.32. The van der Waals surface area contributed by atoms with Crippen molar-refractivity contribution < 1.29 is 46.4 Å². The normalized spacial score (nSPS) is 22.5. The fraction of sp³-hybridized carbons (Fsp3) is 0.867. The average molecular weight is 418 g/mol. The van der Waals surface area contributed by atoms with Crippen molar-refractivity contribution >= 4 is 21.9 Å². The van der Waals surface area contributed by atoms with E-state index in [0.29, 0.717) is 6.42 Å². The number of carbonyl (C=O) groups is 1. The Bertz CT molecular complexity index is 636. The maximum atomic E-state index is 12.3. The van der Waals surface area contributed by atoms with Gasteiger partial charge in [-0.25, -0.2) is 0 Å². The smallest absolute Gasteiger partial charge is 0.518 e. The van der Waals surface area contributed by atoms with E-state index in [4.69, 9.17) is 4.74 Å². The average Bonchev–Trinajstić information content (AvgIpc) is 2.58. The van der Waals surface area contributed by atoms with E-state index in [-0.39, 0.29) is 32.1 Å². The number of ether oxygens (including phenoxy) is 1. The third kappa shape index (κ3) is 5.79. The lowest BCUT2D eigenvalue weighted by atomic mass is 9.84. The van der Waals surface area contributed by atoms with Crippen LogP contribution in [0.4, 0.5) is 13.2 Å². The van der Waals surface area contributed by atoms with E-state index in [0.717, 1.165) is 0 Å². The van der Waals surface area contributed by atoms with Crippen molar-refractivity contribution in [3.63, 3.8) is 0 Å². The zero-order valence-electron chi connectivity index (χ0n) is 14.7. The highest BCUT2D eigenvalue weighted by molar-refractivity contribution is 7.91. The van der Waals surface area contributed by atoms with Crippen molar-refractivity contribution in [2.75, 3.05) is 13.2 Å². The molecule has 12 heteroatoms. The largest absolute Gasteiger partial charge is 0.861 e. The van der Waals surface area contributed by atoms with Crippen molar-refractivity contribution in [3.8, 4) is 0 Å². The molecule has 1 rings (SSSR count). The third-order valence-electron chi connectivity index (χ3n) is 4.57. The molecule has 27 heavy (non-hydrogen) atoms. The summed E-state index contributed by atoms with van der Waals surface area (Å²) in [6.07, 6.45) is 0.355. The molecule has 8 nitrogen and oxygen atoms in total. The molecule has 0 saturated heterocycles. The first-order valence-corrected chi connectivity index (χ1v) is 9.87. The van der Waals surface area contributed by atoms with Crippen LogP contribution in [-0.2, 0) is 19.6 Å². The van der Waals surface area contributed by atoms with Crippen LogP contribution in [0.25, 0.3) is 0 Å². The summed E-state index contributed by atoms with van der Waals surface area (Å²) in [4.78, 5) is 12.3. The van der Waals surface area contributed by atoms with Gasteiger partial charge in [0.1, 0.15) is 11.5 Å². The third-order valence-corrected chi connectivity index (χ3v) is 5.57. The molecule has 0 spiro atoms. The summed E-state index contributed by atoms with van der Waals surface area (Å²) in [6.45, 7) is 0.568. The van der Waals surface area contributed by atoms with Gasteiger partial charge in [-0.1, -0.05) is 13.3 Å². The van der Waals surface area contributed by atoms with Crippen LogP contribution in [0.3, 0.4) is 0 Å². The number of rotatable bonds is 8. The summed E-state index contributed by atoms with van der Waals surface area (Å²) in [6, 6.07) is 0. The summed E-state index contributed by atoms with van der Waals surface area (Å²) in [5.41, 5.74) is -7.07. The Hall–Kier alpha value is -1.40. The van der Waals surface area contributed by atoms with E-state index in [1.807, 2.05) is 0 Å². The molecule has 0 aromatic heterocycles. The molecule has 1 saturated carbocycles. The van der Waals surface area contributed by atoms with Gasteiger partial charge in [0.2, 0.25) is 0 Å². The molecule has 0 radical (unpaired) electrons. The lowest BCUT2D eigenvalue weighted by molar-refractivity contribution is -0.225. The minimum Gasteiger partial charge on any atom is -0.861 e. The Morgan fingerprint density at radius 2 is 1.70 bits per heavy atom. The number of esters is 1. The molecule has 0 amide bonds. The number of aliphatic hydroxyl groups excluding tert-OH is 2. The summed E-state index contributed by atoms with van der Waals surface area (Å²) in [5, 5.41) is 30.6. The van der Waals surface area contributed by atoms with Crippen LogP contribution in [0.2, 0.25) is 0 Å². The van der Waals surface area contributed by atoms with Crippen LogP contribution in [0, 0.1) is 11.3 Å².